The van der Waals surface area contributed by atoms with Crippen molar-refractivity contribution in [2.45, 2.75) is 58.3 Å². The van der Waals surface area contributed by atoms with Crippen molar-refractivity contribution in [3.05, 3.63) is 107 Å². The second kappa shape index (κ2) is 11.1. The van der Waals surface area contributed by atoms with E-state index in [0.717, 1.165) is 23.8 Å². The van der Waals surface area contributed by atoms with Gasteiger partial charge in [-0.1, -0.05) is 118 Å². The van der Waals surface area contributed by atoms with E-state index in [1.165, 1.54) is 55.2 Å². The van der Waals surface area contributed by atoms with Gasteiger partial charge in [-0.05, 0) is 53.3 Å². The van der Waals surface area contributed by atoms with Crippen LogP contribution in [0.2, 0.25) is 0 Å². The van der Waals surface area contributed by atoms with Crippen LogP contribution in [0.4, 0.5) is 4.39 Å². The Kier molecular flexibility index (Phi) is 7.72. The van der Waals surface area contributed by atoms with Crippen molar-refractivity contribution in [3.8, 4) is 11.1 Å². The number of hydrogen-bond acceptors (Lipinski definition) is 0. The van der Waals surface area contributed by atoms with Crippen LogP contribution in [-0.2, 0) is 19.3 Å². The average Bonchev–Trinajstić information content (AvgIpc) is 2.84. The lowest BCUT2D eigenvalue weighted by atomic mass is 9.97. The first-order valence-electron chi connectivity index (χ1n) is 12.1. The van der Waals surface area contributed by atoms with E-state index in [4.69, 9.17) is 0 Å². The number of aryl methyl sites for hydroxylation is 3. The maximum Gasteiger partial charge on any atom is 0.138 e. The minimum absolute atomic E-state index is 0.134. The van der Waals surface area contributed by atoms with Gasteiger partial charge < -0.3 is 0 Å². The van der Waals surface area contributed by atoms with E-state index in [0.29, 0.717) is 10.9 Å². The Hall–Kier alpha value is -2.93. The standard InChI is InChI=1S/C31H33F/c1-2-3-4-5-7-10-24-13-15-25(16-14-24)17-18-26-19-21-30-28(23-26)20-22-29(31(30)32)27-11-8-6-9-12-27/h6,8-9,11-16,19-23H,2-5,7,10,17-18H2,1H3. The summed E-state index contributed by atoms with van der Waals surface area (Å²) in [5.41, 5.74) is 5.65. The molecule has 0 aliphatic heterocycles. The Labute approximate surface area is 192 Å². The minimum atomic E-state index is -0.134. The molecule has 0 amide bonds. The number of hydrogen-bond donors (Lipinski definition) is 0. The topological polar surface area (TPSA) is 0 Å². The van der Waals surface area contributed by atoms with Gasteiger partial charge in [0.2, 0.25) is 0 Å². The molecular formula is C31H33F. The quantitative estimate of drug-likeness (QED) is 0.223. The maximum atomic E-state index is 15.1. The molecule has 0 bridgehead atoms. The molecule has 4 aromatic carbocycles. The van der Waals surface area contributed by atoms with E-state index in [1.54, 1.807) is 0 Å². The highest BCUT2D eigenvalue weighted by Crippen LogP contribution is 2.29. The molecule has 0 aromatic heterocycles. The Balaban J connectivity index is 1.37. The van der Waals surface area contributed by atoms with Gasteiger partial charge in [0, 0.05) is 10.9 Å². The number of rotatable bonds is 10. The molecule has 0 heterocycles. The van der Waals surface area contributed by atoms with E-state index < -0.39 is 0 Å². The zero-order valence-electron chi connectivity index (χ0n) is 19.1. The first kappa shape index (κ1) is 22.3. The lowest BCUT2D eigenvalue weighted by Gasteiger charge is -2.09. The summed E-state index contributed by atoms with van der Waals surface area (Å²) in [4.78, 5) is 0. The van der Waals surface area contributed by atoms with Gasteiger partial charge in [-0.2, -0.15) is 0 Å². The van der Waals surface area contributed by atoms with Gasteiger partial charge >= 0.3 is 0 Å². The summed E-state index contributed by atoms with van der Waals surface area (Å²) < 4.78 is 15.1. The average molecular weight is 425 g/mol. The number of benzene rings is 4. The third-order valence-corrected chi connectivity index (χ3v) is 6.40. The Morgan fingerprint density at radius 2 is 1.25 bits per heavy atom. The molecule has 0 nitrogen and oxygen atoms in total. The molecule has 0 aliphatic carbocycles. The summed E-state index contributed by atoms with van der Waals surface area (Å²) in [7, 11) is 0. The van der Waals surface area contributed by atoms with Gasteiger partial charge in [0.1, 0.15) is 5.82 Å². The second-order valence-electron chi connectivity index (χ2n) is 8.83. The highest BCUT2D eigenvalue weighted by molar-refractivity contribution is 5.88. The Bertz CT molecular complexity index is 1130. The smallest absolute Gasteiger partial charge is 0.138 e. The summed E-state index contributed by atoms with van der Waals surface area (Å²) in [5.74, 6) is -0.134. The van der Waals surface area contributed by atoms with Gasteiger partial charge in [0.15, 0.2) is 0 Å². The third-order valence-electron chi connectivity index (χ3n) is 6.40. The first-order valence-corrected chi connectivity index (χ1v) is 12.1. The fourth-order valence-electron chi connectivity index (χ4n) is 4.43. The lowest BCUT2D eigenvalue weighted by molar-refractivity contribution is 0.632. The van der Waals surface area contributed by atoms with Crippen molar-refractivity contribution < 1.29 is 4.39 Å². The SMILES string of the molecule is CCCCCCCc1ccc(CCc2ccc3c(F)c(-c4ccccc4)ccc3c2)cc1. The second-order valence-corrected chi connectivity index (χ2v) is 8.83. The summed E-state index contributed by atoms with van der Waals surface area (Å²) in [6, 6.07) is 29.0. The van der Waals surface area contributed by atoms with Crippen LogP contribution >= 0.6 is 0 Å². The van der Waals surface area contributed by atoms with Gasteiger partial charge in [0.25, 0.3) is 0 Å². The van der Waals surface area contributed by atoms with Gasteiger partial charge in [-0.3, -0.25) is 0 Å². The van der Waals surface area contributed by atoms with Crippen molar-refractivity contribution in [1.29, 1.82) is 0 Å². The number of unbranched alkanes of at least 4 members (excludes halogenated alkanes) is 4. The minimum Gasteiger partial charge on any atom is -0.206 e. The number of halogens is 1. The molecule has 0 unspecified atom stereocenters. The molecule has 164 valence electrons. The lowest BCUT2D eigenvalue weighted by Crippen LogP contribution is -1.94. The zero-order valence-corrected chi connectivity index (χ0v) is 19.1. The largest absolute Gasteiger partial charge is 0.206 e. The highest BCUT2D eigenvalue weighted by Gasteiger charge is 2.09. The molecule has 0 saturated heterocycles. The highest BCUT2D eigenvalue weighted by atomic mass is 19.1. The van der Waals surface area contributed by atoms with Gasteiger partial charge in [-0.25, -0.2) is 4.39 Å². The maximum absolute atomic E-state index is 15.1. The van der Waals surface area contributed by atoms with Crippen LogP contribution in [-0.4, -0.2) is 0 Å². The van der Waals surface area contributed by atoms with Gasteiger partial charge in [0.05, 0.1) is 0 Å². The molecule has 0 atom stereocenters. The summed E-state index contributed by atoms with van der Waals surface area (Å²) in [6.07, 6.45) is 9.80. The van der Waals surface area contributed by atoms with Crippen molar-refractivity contribution in [1.82, 2.24) is 0 Å². The monoisotopic (exact) mass is 424 g/mol. The van der Waals surface area contributed by atoms with E-state index in [1.807, 2.05) is 48.5 Å². The molecular weight excluding hydrogens is 391 g/mol. The normalized spacial score (nSPS) is 11.2. The molecule has 0 N–H and O–H groups in total. The summed E-state index contributed by atoms with van der Waals surface area (Å²) in [5, 5.41) is 1.66. The summed E-state index contributed by atoms with van der Waals surface area (Å²) >= 11 is 0. The van der Waals surface area contributed by atoms with Crippen LogP contribution in [0.3, 0.4) is 0 Å². The molecule has 32 heavy (non-hydrogen) atoms. The summed E-state index contributed by atoms with van der Waals surface area (Å²) in [6.45, 7) is 2.26. The van der Waals surface area contributed by atoms with Crippen LogP contribution < -0.4 is 0 Å². The third kappa shape index (κ3) is 5.65. The zero-order chi connectivity index (χ0) is 22.2. The van der Waals surface area contributed by atoms with E-state index in [-0.39, 0.29) is 5.82 Å². The van der Waals surface area contributed by atoms with E-state index in [2.05, 4.69) is 43.3 Å². The Morgan fingerprint density at radius 1 is 0.594 bits per heavy atom. The van der Waals surface area contributed by atoms with Gasteiger partial charge in [-0.15, -0.1) is 0 Å². The molecule has 4 rings (SSSR count). The first-order chi connectivity index (χ1) is 15.7. The predicted octanol–water partition coefficient (Wildman–Crippen LogP) is 8.94. The van der Waals surface area contributed by atoms with Crippen molar-refractivity contribution in [2.24, 2.45) is 0 Å². The van der Waals surface area contributed by atoms with Crippen LogP contribution in [0.15, 0.2) is 84.9 Å². The molecule has 0 spiro atoms. The van der Waals surface area contributed by atoms with Crippen LogP contribution in [0, 0.1) is 5.82 Å². The Morgan fingerprint density at radius 3 is 2.00 bits per heavy atom. The van der Waals surface area contributed by atoms with Crippen LogP contribution in [0.5, 0.6) is 0 Å². The van der Waals surface area contributed by atoms with Crippen molar-refractivity contribution in [2.75, 3.05) is 0 Å². The van der Waals surface area contributed by atoms with E-state index >= 15 is 4.39 Å². The molecule has 4 aromatic rings. The molecule has 0 fully saturated rings. The van der Waals surface area contributed by atoms with E-state index in [9.17, 15) is 0 Å². The van der Waals surface area contributed by atoms with Crippen molar-refractivity contribution >= 4 is 10.8 Å². The van der Waals surface area contributed by atoms with Crippen LogP contribution in [0.25, 0.3) is 21.9 Å². The molecule has 0 aliphatic rings. The molecule has 0 radical (unpaired) electrons. The predicted molar refractivity (Wildman–Crippen MR) is 136 cm³/mol. The molecule has 0 saturated carbocycles. The fourth-order valence-corrected chi connectivity index (χ4v) is 4.43. The molecule has 1 heteroatoms. The van der Waals surface area contributed by atoms with Crippen LogP contribution in [0.1, 0.15) is 55.7 Å². The van der Waals surface area contributed by atoms with Crippen molar-refractivity contribution in [3.63, 3.8) is 0 Å². The fraction of sp³-hybridized carbons (Fsp3) is 0.290. The number of fused-ring (bicyclic) bond motifs is 1.